The monoisotopic (exact) mass is 311 g/mol. The van der Waals surface area contributed by atoms with E-state index in [0.717, 1.165) is 22.5 Å². The number of nitrogens with zero attached hydrogens (tertiary/aromatic N) is 1. The second-order valence-electron chi connectivity index (χ2n) is 5.27. The average Bonchev–Trinajstić information content (AvgIpc) is 3.11. The van der Waals surface area contributed by atoms with Crippen molar-refractivity contribution >= 4 is 0 Å². The van der Waals surface area contributed by atoms with Gasteiger partial charge in [-0.2, -0.15) is 0 Å². The minimum Gasteiger partial charge on any atom is -0.392 e. The number of aliphatic hydroxyl groups is 1. The quantitative estimate of drug-likeness (QED) is 0.656. The number of imidazole rings is 1. The molecule has 0 radical (unpaired) electrons. The first kappa shape index (κ1) is 15.4. The molecule has 0 aliphatic heterocycles. The van der Waals surface area contributed by atoms with Crippen LogP contribution >= 0.6 is 0 Å². The van der Waals surface area contributed by atoms with E-state index in [1.165, 1.54) is 12.1 Å². The van der Waals surface area contributed by atoms with Crippen LogP contribution in [0, 0.1) is 5.82 Å². The summed E-state index contributed by atoms with van der Waals surface area (Å²) in [6.07, 6.45) is 3.45. The van der Waals surface area contributed by atoms with E-state index >= 15 is 0 Å². The van der Waals surface area contributed by atoms with Gasteiger partial charge in [-0.3, -0.25) is 5.32 Å². The Hall–Kier alpha value is -2.50. The van der Waals surface area contributed by atoms with Crippen LogP contribution in [0.3, 0.4) is 0 Å². The van der Waals surface area contributed by atoms with Gasteiger partial charge >= 0.3 is 0 Å². The summed E-state index contributed by atoms with van der Waals surface area (Å²) in [4.78, 5) is 7.41. The van der Waals surface area contributed by atoms with Crippen molar-refractivity contribution in [1.29, 1.82) is 0 Å². The Bertz CT molecular complexity index is 741. The first-order chi connectivity index (χ1) is 11.3. The Morgan fingerprint density at radius 1 is 1.09 bits per heavy atom. The molecule has 23 heavy (non-hydrogen) atoms. The van der Waals surface area contributed by atoms with Crippen molar-refractivity contribution in [3.63, 3.8) is 0 Å². The highest BCUT2D eigenvalue weighted by molar-refractivity contribution is 5.29. The fraction of sp³-hybridized carbons (Fsp3) is 0.167. The predicted molar refractivity (Wildman–Crippen MR) is 86.0 cm³/mol. The summed E-state index contributed by atoms with van der Waals surface area (Å²) in [5, 5.41) is 12.8. The van der Waals surface area contributed by atoms with E-state index < -0.39 is 0 Å². The van der Waals surface area contributed by atoms with E-state index in [1.807, 2.05) is 24.3 Å². The number of benzene rings is 2. The largest absolute Gasteiger partial charge is 0.392 e. The lowest BCUT2D eigenvalue weighted by molar-refractivity contribution is 0.280. The minimum atomic E-state index is -0.266. The number of rotatable bonds is 6. The molecule has 0 aliphatic carbocycles. The number of aliphatic hydroxyl groups excluding tert-OH is 1. The molecule has 3 N–H and O–H groups in total. The number of hydrogen-bond acceptors (Lipinski definition) is 3. The molecule has 0 bridgehead atoms. The topological polar surface area (TPSA) is 60.9 Å². The summed E-state index contributed by atoms with van der Waals surface area (Å²) in [6.45, 7) is 0.569. The van der Waals surface area contributed by atoms with Crippen LogP contribution in [0.15, 0.2) is 60.9 Å². The van der Waals surface area contributed by atoms with Gasteiger partial charge in [0.05, 0.1) is 12.6 Å². The summed E-state index contributed by atoms with van der Waals surface area (Å²) >= 11 is 0. The van der Waals surface area contributed by atoms with Gasteiger partial charge in [-0.15, -0.1) is 0 Å². The molecule has 0 amide bonds. The lowest BCUT2D eigenvalue weighted by atomic mass is 10.0. The van der Waals surface area contributed by atoms with E-state index in [0.29, 0.717) is 6.54 Å². The molecule has 0 saturated heterocycles. The molecular formula is C18H18FN3O. The second-order valence-corrected chi connectivity index (χ2v) is 5.27. The van der Waals surface area contributed by atoms with Crippen LogP contribution in [0.4, 0.5) is 4.39 Å². The smallest absolute Gasteiger partial charge is 0.127 e. The second kappa shape index (κ2) is 7.17. The molecule has 4 nitrogen and oxygen atoms in total. The van der Waals surface area contributed by atoms with Crippen LogP contribution in [-0.2, 0) is 13.2 Å². The van der Waals surface area contributed by atoms with Crippen molar-refractivity contribution in [2.45, 2.75) is 19.2 Å². The van der Waals surface area contributed by atoms with Crippen LogP contribution in [0.5, 0.6) is 0 Å². The van der Waals surface area contributed by atoms with E-state index in [-0.39, 0.29) is 18.5 Å². The maximum Gasteiger partial charge on any atom is 0.127 e. The maximum absolute atomic E-state index is 13.2. The van der Waals surface area contributed by atoms with Gasteiger partial charge in [0.1, 0.15) is 11.6 Å². The van der Waals surface area contributed by atoms with Crippen LogP contribution < -0.4 is 5.32 Å². The highest BCUT2D eigenvalue weighted by atomic mass is 19.1. The third kappa shape index (κ3) is 3.64. The van der Waals surface area contributed by atoms with Crippen LogP contribution in [0.1, 0.15) is 28.6 Å². The summed E-state index contributed by atoms with van der Waals surface area (Å²) in [5.41, 5.74) is 2.83. The molecule has 0 saturated carbocycles. The van der Waals surface area contributed by atoms with Crippen LogP contribution in [0.2, 0.25) is 0 Å². The highest BCUT2D eigenvalue weighted by Gasteiger charge is 2.16. The third-order valence-corrected chi connectivity index (χ3v) is 3.78. The number of H-pyrrole nitrogens is 1. The summed E-state index contributed by atoms with van der Waals surface area (Å²) in [6, 6.07) is 13.9. The van der Waals surface area contributed by atoms with E-state index in [1.54, 1.807) is 24.5 Å². The van der Waals surface area contributed by atoms with Gasteiger partial charge in [-0.05, 0) is 28.8 Å². The molecule has 0 spiro atoms. The Kier molecular flexibility index (Phi) is 4.80. The molecule has 1 unspecified atom stereocenters. The fourth-order valence-corrected chi connectivity index (χ4v) is 2.56. The first-order valence-corrected chi connectivity index (χ1v) is 7.43. The average molecular weight is 311 g/mol. The fourth-order valence-electron chi connectivity index (χ4n) is 2.56. The molecule has 1 aromatic heterocycles. The Labute approximate surface area is 134 Å². The highest BCUT2D eigenvalue weighted by Crippen LogP contribution is 2.20. The number of aromatic amines is 1. The van der Waals surface area contributed by atoms with Crippen LogP contribution in [-0.4, -0.2) is 15.1 Å². The van der Waals surface area contributed by atoms with Gasteiger partial charge in [-0.25, -0.2) is 9.37 Å². The van der Waals surface area contributed by atoms with Gasteiger partial charge in [0.25, 0.3) is 0 Å². The number of aromatic nitrogens is 2. The molecule has 5 heteroatoms. The lowest BCUT2D eigenvalue weighted by Gasteiger charge is -2.18. The zero-order valence-electron chi connectivity index (χ0n) is 12.5. The summed E-state index contributed by atoms with van der Waals surface area (Å²) in [7, 11) is 0. The van der Waals surface area contributed by atoms with Gasteiger partial charge in [-0.1, -0.05) is 36.4 Å². The van der Waals surface area contributed by atoms with Gasteiger partial charge in [0.15, 0.2) is 0 Å². The van der Waals surface area contributed by atoms with Crippen molar-refractivity contribution in [2.24, 2.45) is 0 Å². The van der Waals surface area contributed by atoms with Crippen molar-refractivity contribution in [2.75, 3.05) is 0 Å². The molecule has 2 aromatic carbocycles. The minimum absolute atomic E-state index is 0.000178. The van der Waals surface area contributed by atoms with Crippen LogP contribution in [0.25, 0.3) is 0 Å². The van der Waals surface area contributed by atoms with E-state index in [2.05, 4.69) is 15.3 Å². The Morgan fingerprint density at radius 2 is 1.83 bits per heavy atom. The molecule has 1 atom stereocenters. The normalized spacial score (nSPS) is 12.3. The molecule has 3 rings (SSSR count). The van der Waals surface area contributed by atoms with Crippen molar-refractivity contribution < 1.29 is 9.50 Å². The molecule has 118 valence electrons. The molecule has 1 heterocycles. The van der Waals surface area contributed by atoms with Gasteiger partial charge in [0.2, 0.25) is 0 Å². The standard InChI is InChI=1S/C18H18FN3O/c19-16-7-5-13(6-8-16)17(18-20-9-10-21-18)22-11-14-3-1-2-4-15(14)12-23/h1-10,17,22-23H,11-12H2,(H,20,21). The molecule has 0 fully saturated rings. The van der Waals surface area contributed by atoms with E-state index in [9.17, 15) is 9.50 Å². The number of hydrogen-bond donors (Lipinski definition) is 3. The third-order valence-electron chi connectivity index (χ3n) is 3.78. The van der Waals surface area contributed by atoms with E-state index in [4.69, 9.17) is 0 Å². The number of nitrogens with one attached hydrogen (secondary N) is 2. The zero-order valence-corrected chi connectivity index (χ0v) is 12.5. The lowest BCUT2D eigenvalue weighted by Crippen LogP contribution is -2.23. The zero-order chi connectivity index (χ0) is 16.1. The molecule has 0 aliphatic rings. The Morgan fingerprint density at radius 3 is 2.48 bits per heavy atom. The van der Waals surface area contributed by atoms with Crippen molar-refractivity contribution in [3.8, 4) is 0 Å². The maximum atomic E-state index is 13.2. The first-order valence-electron chi connectivity index (χ1n) is 7.43. The van der Waals surface area contributed by atoms with Crippen molar-refractivity contribution in [1.82, 2.24) is 15.3 Å². The van der Waals surface area contributed by atoms with Gasteiger partial charge < -0.3 is 10.1 Å². The predicted octanol–water partition coefficient (Wildman–Crippen LogP) is 2.92. The van der Waals surface area contributed by atoms with Gasteiger partial charge in [0, 0.05) is 18.9 Å². The Balaban J connectivity index is 1.83. The number of halogens is 1. The summed E-state index contributed by atoms with van der Waals surface area (Å²) < 4.78 is 13.2. The van der Waals surface area contributed by atoms with Crippen molar-refractivity contribution in [3.05, 3.63) is 89.3 Å². The summed E-state index contributed by atoms with van der Waals surface area (Å²) in [5.74, 6) is 0.496. The molecule has 3 aromatic rings. The molecular weight excluding hydrogens is 293 g/mol. The SMILES string of the molecule is OCc1ccccc1CNC(c1ccc(F)cc1)c1ncc[nH]1.